The molecule has 0 amide bonds. The van der Waals surface area contributed by atoms with E-state index in [9.17, 15) is 9.90 Å². The minimum Gasteiger partial charge on any atom is -0.508 e. The second-order valence-corrected chi connectivity index (χ2v) is 3.66. The lowest BCUT2D eigenvalue weighted by molar-refractivity contribution is -0.119. The molecule has 0 spiro atoms. The minimum absolute atomic E-state index is 0.161. The second kappa shape index (κ2) is 2.59. The molecular weight excluding hydrogens is 164 g/mol. The summed E-state index contributed by atoms with van der Waals surface area (Å²) >= 11 is 0. The van der Waals surface area contributed by atoms with Gasteiger partial charge in [-0.05, 0) is 25.8 Å². The second-order valence-electron chi connectivity index (χ2n) is 3.66. The molecule has 68 valence electrons. The Morgan fingerprint density at radius 1 is 1.38 bits per heavy atom. The standard InChI is InChI=1S/C11H12O2/c1-8(12)11(6-7-11)9-4-2-3-5-10(9)13/h2-5,13H,6-7H2,1H3. The summed E-state index contributed by atoms with van der Waals surface area (Å²) in [6, 6.07) is 7.11. The van der Waals surface area contributed by atoms with Crippen molar-refractivity contribution in [1.29, 1.82) is 0 Å². The molecule has 1 N–H and O–H groups in total. The zero-order valence-electron chi connectivity index (χ0n) is 7.58. The van der Waals surface area contributed by atoms with Gasteiger partial charge in [-0.3, -0.25) is 4.79 Å². The number of aromatic hydroxyl groups is 1. The van der Waals surface area contributed by atoms with E-state index in [1.54, 1.807) is 19.1 Å². The fourth-order valence-electron chi connectivity index (χ4n) is 1.81. The predicted octanol–water partition coefficient (Wildman–Crippen LogP) is 2.01. The molecule has 0 unspecified atom stereocenters. The molecule has 0 aliphatic heterocycles. The van der Waals surface area contributed by atoms with Crippen molar-refractivity contribution in [1.82, 2.24) is 0 Å². The third-order valence-corrected chi connectivity index (χ3v) is 2.84. The molecule has 0 bridgehead atoms. The fourth-order valence-corrected chi connectivity index (χ4v) is 1.81. The molecular formula is C11H12O2. The molecule has 2 heteroatoms. The van der Waals surface area contributed by atoms with Gasteiger partial charge in [0.2, 0.25) is 0 Å². The summed E-state index contributed by atoms with van der Waals surface area (Å²) in [4.78, 5) is 11.4. The van der Waals surface area contributed by atoms with Crippen LogP contribution in [0.3, 0.4) is 0 Å². The lowest BCUT2D eigenvalue weighted by atomic mass is 9.91. The van der Waals surface area contributed by atoms with Crippen molar-refractivity contribution in [2.24, 2.45) is 0 Å². The fraction of sp³-hybridized carbons (Fsp3) is 0.364. The van der Waals surface area contributed by atoms with Crippen LogP contribution < -0.4 is 0 Å². The maximum atomic E-state index is 11.4. The van der Waals surface area contributed by atoms with Crippen LogP contribution in [-0.4, -0.2) is 10.9 Å². The lowest BCUT2D eigenvalue weighted by Gasteiger charge is -2.12. The number of phenolic OH excluding ortho intramolecular Hbond substituents is 1. The van der Waals surface area contributed by atoms with Gasteiger partial charge in [0, 0.05) is 5.56 Å². The summed E-state index contributed by atoms with van der Waals surface area (Å²) in [6.45, 7) is 1.60. The predicted molar refractivity (Wildman–Crippen MR) is 49.7 cm³/mol. The summed E-state index contributed by atoms with van der Waals surface area (Å²) in [5.41, 5.74) is 0.438. The summed E-state index contributed by atoms with van der Waals surface area (Å²) in [6.07, 6.45) is 1.75. The molecule has 0 saturated heterocycles. The van der Waals surface area contributed by atoms with E-state index in [4.69, 9.17) is 0 Å². The molecule has 0 aromatic heterocycles. The largest absolute Gasteiger partial charge is 0.508 e. The minimum atomic E-state index is -0.356. The molecule has 1 fully saturated rings. The van der Waals surface area contributed by atoms with Gasteiger partial charge in [-0.2, -0.15) is 0 Å². The van der Waals surface area contributed by atoms with Crippen molar-refractivity contribution in [3.63, 3.8) is 0 Å². The van der Waals surface area contributed by atoms with Crippen LogP contribution in [-0.2, 0) is 10.2 Å². The zero-order valence-corrected chi connectivity index (χ0v) is 7.58. The van der Waals surface area contributed by atoms with Crippen molar-refractivity contribution in [3.8, 4) is 5.75 Å². The average Bonchev–Trinajstić information content (AvgIpc) is 2.85. The van der Waals surface area contributed by atoms with E-state index in [1.807, 2.05) is 12.1 Å². The van der Waals surface area contributed by atoms with Crippen LogP contribution in [0.1, 0.15) is 25.3 Å². The van der Waals surface area contributed by atoms with Crippen molar-refractivity contribution in [2.45, 2.75) is 25.2 Å². The highest BCUT2D eigenvalue weighted by Crippen LogP contribution is 2.51. The molecule has 1 aromatic rings. The van der Waals surface area contributed by atoms with E-state index in [0.29, 0.717) is 0 Å². The lowest BCUT2D eigenvalue weighted by Crippen LogP contribution is -2.16. The van der Waals surface area contributed by atoms with Crippen molar-refractivity contribution in [3.05, 3.63) is 29.8 Å². The first-order chi connectivity index (χ1) is 6.17. The first-order valence-corrected chi connectivity index (χ1v) is 4.46. The number of phenols is 1. The Morgan fingerprint density at radius 2 is 2.00 bits per heavy atom. The van der Waals surface area contributed by atoms with Crippen molar-refractivity contribution < 1.29 is 9.90 Å². The van der Waals surface area contributed by atoms with Gasteiger partial charge >= 0.3 is 0 Å². The number of carbonyl (C=O) groups is 1. The molecule has 1 aliphatic rings. The van der Waals surface area contributed by atoms with Gasteiger partial charge in [0.25, 0.3) is 0 Å². The molecule has 1 aromatic carbocycles. The van der Waals surface area contributed by atoms with Crippen LogP contribution in [0, 0.1) is 0 Å². The van der Waals surface area contributed by atoms with Gasteiger partial charge in [-0.1, -0.05) is 18.2 Å². The van der Waals surface area contributed by atoms with Crippen LogP contribution in [0.5, 0.6) is 5.75 Å². The van der Waals surface area contributed by atoms with Gasteiger partial charge < -0.3 is 5.11 Å². The Hall–Kier alpha value is -1.31. The van der Waals surface area contributed by atoms with Gasteiger partial charge in [-0.25, -0.2) is 0 Å². The summed E-state index contributed by atoms with van der Waals surface area (Å²) in [5, 5.41) is 9.58. The van der Waals surface area contributed by atoms with Crippen LogP contribution in [0.2, 0.25) is 0 Å². The van der Waals surface area contributed by atoms with Gasteiger partial charge in [0.15, 0.2) is 0 Å². The van der Waals surface area contributed by atoms with E-state index in [2.05, 4.69) is 0 Å². The molecule has 1 saturated carbocycles. The molecule has 1 aliphatic carbocycles. The Kier molecular flexibility index (Phi) is 1.65. The molecule has 0 atom stereocenters. The number of carbonyl (C=O) groups excluding carboxylic acids is 1. The summed E-state index contributed by atoms with van der Waals surface area (Å²) in [5.74, 6) is 0.407. The van der Waals surface area contributed by atoms with Crippen molar-refractivity contribution in [2.75, 3.05) is 0 Å². The van der Waals surface area contributed by atoms with E-state index in [-0.39, 0.29) is 16.9 Å². The van der Waals surface area contributed by atoms with Gasteiger partial charge in [-0.15, -0.1) is 0 Å². The first-order valence-electron chi connectivity index (χ1n) is 4.46. The quantitative estimate of drug-likeness (QED) is 0.748. The van der Waals surface area contributed by atoms with E-state index in [0.717, 1.165) is 18.4 Å². The Labute approximate surface area is 77.2 Å². The van der Waals surface area contributed by atoms with Gasteiger partial charge in [0.05, 0.1) is 5.41 Å². The number of Topliss-reactive ketones (excluding diaryl/α,β-unsaturated/α-hetero) is 1. The smallest absolute Gasteiger partial charge is 0.140 e. The highest BCUT2D eigenvalue weighted by molar-refractivity contribution is 5.91. The molecule has 2 nitrogen and oxygen atoms in total. The third-order valence-electron chi connectivity index (χ3n) is 2.84. The van der Waals surface area contributed by atoms with E-state index < -0.39 is 0 Å². The maximum absolute atomic E-state index is 11.4. The number of rotatable bonds is 2. The number of hydrogen-bond acceptors (Lipinski definition) is 2. The van der Waals surface area contributed by atoms with Crippen LogP contribution >= 0.6 is 0 Å². The molecule has 0 heterocycles. The third kappa shape index (κ3) is 1.13. The maximum Gasteiger partial charge on any atom is 0.140 e. The zero-order chi connectivity index (χ0) is 9.47. The molecule has 13 heavy (non-hydrogen) atoms. The van der Waals surface area contributed by atoms with E-state index in [1.165, 1.54) is 0 Å². The topological polar surface area (TPSA) is 37.3 Å². The number of hydrogen-bond donors (Lipinski definition) is 1. The average molecular weight is 176 g/mol. The van der Waals surface area contributed by atoms with Crippen LogP contribution in [0.4, 0.5) is 0 Å². The molecule has 0 radical (unpaired) electrons. The number of para-hydroxylation sites is 1. The Balaban J connectivity index is 2.47. The first kappa shape index (κ1) is 8.30. The monoisotopic (exact) mass is 176 g/mol. The molecule has 2 rings (SSSR count). The number of ketones is 1. The highest BCUT2D eigenvalue weighted by Gasteiger charge is 2.50. The van der Waals surface area contributed by atoms with Gasteiger partial charge in [0.1, 0.15) is 11.5 Å². The Bertz CT molecular complexity index is 351. The number of benzene rings is 1. The van der Waals surface area contributed by atoms with Crippen molar-refractivity contribution >= 4 is 5.78 Å². The normalized spacial score (nSPS) is 18.2. The SMILES string of the molecule is CC(=O)C1(c2ccccc2O)CC1. The van der Waals surface area contributed by atoms with Crippen LogP contribution in [0.15, 0.2) is 24.3 Å². The Morgan fingerprint density at radius 3 is 2.46 bits per heavy atom. The summed E-state index contributed by atoms with van der Waals surface area (Å²) < 4.78 is 0. The van der Waals surface area contributed by atoms with Crippen LogP contribution in [0.25, 0.3) is 0 Å². The highest BCUT2D eigenvalue weighted by atomic mass is 16.3. The van der Waals surface area contributed by atoms with E-state index >= 15 is 0 Å². The summed E-state index contributed by atoms with van der Waals surface area (Å²) in [7, 11) is 0.